The fourth-order valence-electron chi connectivity index (χ4n) is 2.12. The lowest BCUT2D eigenvalue weighted by atomic mass is 10.1. The lowest BCUT2D eigenvalue weighted by Crippen LogP contribution is -2.24. The van der Waals surface area contributed by atoms with Crippen LogP contribution in [0, 0.1) is 6.92 Å². The molecule has 0 fully saturated rings. The molecule has 0 saturated carbocycles. The normalized spacial score (nSPS) is 11.6. The zero-order valence-electron chi connectivity index (χ0n) is 11.3. The van der Waals surface area contributed by atoms with Crippen LogP contribution in [0.15, 0.2) is 18.2 Å². The van der Waals surface area contributed by atoms with Gasteiger partial charge < -0.3 is 14.6 Å². The summed E-state index contributed by atoms with van der Waals surface area (Å²) < 4.78 is 2.11. The van der Waals surface area contributed by atoms with E-state index in [4.69, 9.17) is 5.11 Å². The molecule has 1 aromatic heterocycles. The van der Waals surface area contributed by atoms with E-state index >= 15 is 0 Å². The monoisotopic (exact) mass is 247 g/mol. The Bertz CT molecular complexity index is 533. The van der Waals surface area contributed by atoms with Crippen LogP contribution in [0.25, 0.3) is 11.0 Å². The molecule has 0 radical (unpaired) electrons. The highest BCUT2D eigenvalue weighted by molar-refractivity contribution is 5.76. The summed E-state index contributed by atoms with van der Waals surface area (Å²) in [5, 5.41) is 8.85. The predicted molar refractivity (Wildman–Crippen MR) is 73.7 cm³/mol. The Balaban J connectivity index is 2.10. The molecule has 4 heteroatoms. The van der Waals surface area contributed by atoms with E-state index in [2.05, 4.69) is 32.7 Å². The molecule has 0 aliphatic heterocycles. The molecule has 0 unspecified atom stereocenters. The summed E-state index contributed by atoms with van der Waals surface area (Å²) in [5.41, 5.74) is 3.54. The van der Waals surface area contributed by atoms with Gasteiger partial charge in [0.2, 0.25) is 0 Å². The summed E-state index contributed by atoms with van der Waals surface area (Å²) in [5.74, 6) is 1.04. The Kier molecular flexibility index (Phi) is 3.99. The molecule has 18 heavy (non-hydrogen) atoms. The molecule has 0 aliphatic rings. The van der Waals surface area contributed by atoms with Gasteiger partial charge in [0.25, 0.3) is 0 Å². The molecule has 0 aliphatic carbocycles. The molecule has 0 spiro atoms. The number of likely N-dealkylation sites (N-methyl/N-ethyl adjacent to an activating group) is 1. The smallest absolute Gasteiger partial charge is 0.106 e. The lowest BCUT2D eigenvalue weighted by molar-refractivity contribution is 0.223. The quantitative estimate of drug-likeness (QED) is 0.867. The summed E-state index contributed by atoms with van der Waals surface area (Å²) >= 11 is 0. The number of hydrogen-bond acceptors (Lipinski definition) is 3. The molecule has 98 valence electrons. The molecule has 1 aromatic carbocycles. The van der Waals surface area contributed by atoms with Crippen LogP contribution in [0.5, 0.6) is 0 Å². The summed E-state index contributed by atoms with van der Waals surface area (Å²) in [6.07, 6.45) is 0.988. The second-order valence-electron chi connectivity index (χ2n) is 4.82. The number of fused-ring (bicyclic) bond motifs is 1. The van der Waals surface area contributed by atoms with E-state index in [1.165, 1.54) is 11.1 Å². The van der Waals surface area contributed by atoms with Crippen molar-refractivity contribution in [3.63, 3.8) is 0 Å². The molecule has 4 nitrogen and oxygen atoms in total. The van der Waals surface area contributed by atoms with E-state index in [1.807, 2.05) is 21.0 Å². The minimum atomic E-state index is 0.217. The maximum absolute atomic E-state index is 8.85. The van der Waals surface area contributed by atoms with Crippen LogP contribution in [0.1, 0.15) is 11.4 Å². The fraction of sp³-hybridized carbons (Fsp3) is 0.500. The van der Waals surface area contributed by atoms with Crippen molar-refractivity contribution in [2.75, 3.05) is 26.7 Å². The minimum absolute atomic E-state index is 0.217. The Morgan fingerprint density at radius 2 is 2.11 bits per heavy atom. The van der Waals surface area contributed by atoms with Crippen molar-refractivity contribution in [1.29, 1.82) is 0 Å². The number of nitrogens with zero attached hydrogens (tertiary/aromatic N) is 3. The lowest BCUT2D eigenvalue weighted by Gasteiger charge is -2.14. The number of imidazole rings is 1. The third-order valence-corrected chi connectivity index (χ3v) is 3.43. The molecule has 0 bridgehead atoms. The molecular formula is C14H21N3O. The number of rotatable bonds is 5. The van der Waals surface area contributed by atoms with E-state index in [1.54, 1.807) is 0 Å². The van der Waals surface area contributed by atoms with Crippen molar-refractivity contribution in [2.24, 2.45) is 7.05 Å². The van der Waals surface area contributed by atoms with E-state index in [-0.39, 0.29) is 6.61 Å². The Morgan fingerprint density at radius 1 is 1.33 bits per heavy atom. The van der Waals surface area contributed by atoms with Crippen LogP contribution in [-0.2, 0) is 13.5 Å². The van der Waals surface area contributed by atoms with Gasteiger partial charge in [0.1, 0.15) is 5.82 Å². The standard InChI is InChI=1S/C14H21N3O/c1-11-15-13-10-12(4-5-14(13)17(11)3)6-7-16(2)8-9-18/h4-5,10,18H,6-9H2,1-3H3. The van der Waals surface area contributed by atoms with Gasteiger partial charge in [-0.25, -0.2) is 4.98 Å². The number of benzene rings is 1. The predicted octanol–water partition coefficient (Wildman–Crippen LogP) is 1.35. The average Bonchev–Trinajstić information content (AvgIpc) is 2.63. The molecule has 1 heterocycles. The third-order valence-electron chi connectivity index (χ3n) is 3.43. The van der Waals surface area contributed by atoms with E-state index in [0.717, 1.165) is 30.9 Å². The first-order valence-electron chi connectivity index (χ1n) is 6.33. The highest BCUT2D eigenvalue weighted by Crippen LogP contribution is 2.16. The number of aliphatic hydroxyl groups excluding tert-OH is 1. The highest BCUT2D eigenvalue weighted by Gasteiger charge is 2.05. The minimum Gasteiger partial charge on any atom is -0.395 e. The first-order valence-corrected chi connectivity index (χ1v) is 6.33. The third kappa shape index (κ3) is 2.71. The van der Waals surface area contributed by atoms with Gasteiger partial charge in [-0.05, 0) is 38.1 Å². The Morgan fingerprint density at radius 3 is 2.83 bits per heavy atom. The van der Waals surface area contributed by atoms with Crippen LogP contribution < -0.4 is 0 Å². The van der Waals surface area contributed by atoms with Crippen molar-refractivity contribution in [1.82, 2.24) is 14.5 Å². The number of aliphatic hydroxyl groups is 1. The van der Waals surface area contributed by atoms with Gasteiger partial charge in [0.15, 0.2) is 0 Å². The summed E-state index contributed by atoms with van der Waals surface area (Å²) in [6, 6.07) is 6.46. The van der Waals surface area contributed by atoms with E-state index in [9.17, 15) is 0 Å². The van der Waals surface area contributed by atoms with E-state index < -0.39 is 0 Å². The SMILES string of the molecule is Cc1nc2cc(CCN(C)CCO)ccc2n1C. The molecule has 2 rings (SSSR count). The highest BCUT2D eigenvalue weighted by atomic mass is 16.3. The van der Waals surface area contributed by atoms with Gasteiger partial charge in [-0.2, -0.15) is 0 Å². The fourth-order valence-corrected chi connectivity index (χ4v) is 2.12. The van der Waals surface area contributed by atoms with Crippen LogP contribution in [0.3, 0.4) is 0 Å². The molecule has 1 N–H and O–H groups in total. The van der Waals surface area contributed by atoms with Crippen molar-refractivity contribution < 1.29 is 5.11 Å². The van der Waals surface area contributed by atoms with E-state index in [0.29, 0.717) is 0 Å². The van der Waals surface area contributed by atoms with Crippen molar-refractivity contribution in [3.05, 3.63) is 29.6 Å². The Hall–Kier alpha value is -1.39. The zero-order valence-corrected chi connectivity index (χ0v) is 11.3. The molecule has 0 saturated heterocycles. The van der Waals surface area contributed by atoms with Gasteiger partial charge in [0, 0.05) is 20.1 Å². The van der Waals surface area contributed by atoms with Crippen molar-refractivity contribution in [2.45, 2.75) is 13.3 Å². The second-order valence-corrected chi connectivity index (χ2v) is 4.82. The molecule has 0 amide bonds. The van der Waals surface area contributed by atoms with Gasteiger partial charge in [-0.3, -0.25) is 0 Å². The molecule has 0 atom stereocenters. The van der Waals surface area contributed by atoms with Crippen LogP contribution >= 0.6 is 0 Å². The molecule has 2 aromatic rings. The second kappa shape index (κ2) is 5.50. The summed E-state index contributed by atoms with van der Waals surface area (Å²) in [7, 11) is 4.07. The topological polar surface area (TPSA) is 41.3 Å². The number of hydrogen-bond donors (Lipinski definition) is 1. The summed E-state index contributed by atoms with van der Waals surface area (Å²) in [4.78, 5) is 6.68. The Labute approximate surface area is 108 Å². The van der Waals surface area contributed by atoms with Crippen molar-refractivity contribution in [3.8, 4) is 0 Å². The van der Waals surface area contributed by atoms with Crippen LogP contribution in [0.4, 0.5) is 0 Å². The number of aromatic nitrogens is 2. The molecular weight excluding hydrogens is 226 g/mol. The van der Waals surface area contributed by atoms with Gasteiger partial charge in [0.05, 0.1) is 17.6 Å². The first-order chi connectivity index (χ1) is 8.61. The largest absolute Gasteiger partial charge is 0.395 e. The average molecular weight is 247 g/mol. The van der Waals surface area contributed by atoms with Crippen molar-refractivity contribution >= 4 is 11.0 Å². The maximum Gasteiger partial charge on any atom is 0.106 e. The van der Waals surface area contributed by atoms with Gasteiger partial charge in [-0.15, -0.1) is 0 Å². The van der Waals surface area contributed by atoms with Crippen LogP contribution in [-0.4, -0.2) is 46.3 Å². The van der Waals surface area contributed by atoms with Gasteiger partial charge in [-0.1, -0.05) is 6.07 Å². The van der Waals surface area contributed by atoms with Gasteiger partial charge >= 0.3 is 0 Å². The first kappa shape index (κ1) is 13.1. The van der Waals surface area contributed by atoms with Crippen LogP contribution in [0.2, 0.25) is 0 Å². The maximum atomic E-state index is 8.85. The zero-order chi connectivity index (χ0) is 13.1. The number of aryl methyl sites for hydroxylation is 2. The summed E-state index contributed by atoms with van der Waals surface area (Å²) in [6.45, 7) is 3.92.